The summed E-state index contributed by atoms with van der Waals surface area (Å²) in [6.45, 7) is 4.10. The molecule has 3 rings (SSSR count). The average molecular weight is 350 g/mol. The van der Waals surface area contributed by atoms with Crippen molar-refractivity contribution in [2.75, 3.05) is 13.2 Å². The number of nitrogens with one attached hydrogen (secondary N) is 1. The summed E-state index contributed by atoms with van der Waals surface area (Å²) in [7, 11) is 0. The molecule has 0 amide bonds. The van der Waals surface area contributed by atoms with Crippen LogP contribution in [0.4, 0.5) is 0 Å². The predicted molar refractivity (Wildman–Crippen MR) is 91.0 cm³/mol. The van der Waals surface area contributed by atoms with E-state index in [1.807, 2.05) is 18.2 Å². The third-order valence-corrected chi connectivity index (χ3v) is 4.70. The van der Waals surface area contributed by atoms with Crippen LogP contribution in [0.25, 0.3) is 10.9 Å². The molecule has 1 aromatic carbocycles. The van der Waals surface area contributed by atoms with Gasteiger partial charge in [-0.05, 0) is 44.0 Å². The Balaban J connectivity index is 2.02. The highest BCUT2D eigenvalue weighted by molar-refractivity contribution is 6.31. The van der Waals surface area contributed by atoms with E-state index in [1.54, 1.807) is 13.8 Å². The number of hydrogen-bond donors (Lipinski definition) is 1. The maximum atomic E-state index is 12.4. The maximum absolute atomic E-state index is 12.4. The van der Waals surface area contributed by atoms with Gasteiger partial charge in [0.05, 0.1) is 25.0 Å². The highest BCUT2D eigenvalue weighted by Crippen LogP contribution is 2.37. The molecule has 0 radical (unpaired) electrons. The number of aromatic nitrogens is 1. The molecule has 0 aliphatic heterocycles. The lowest BCUT2D eigenvalue weighted by molar-refractivity contribution is -0.160. The van der Waals surface area contributed by atoms with Crippen molar-refractivity contribution < 1.29 is 19.1 Å². The molecule has 0 spiro atoms. The van der Waals surface area contributed by atoms with E-state index in [1.165, 1.54) is 0 Å². The van der Waals surface area contributed by atoms with Crippen LogP contribution in [0.5, 0.6) is 0 Å². The molecule has 2 atom stereocenters. The van der Waals surface area contributed by atoms with Gasteiger partial charge in [0.25, 0.3) is 0 Å². The van der Waals surface area contributed by atoms with Crippen molar-refractivity contribution in [1.82, 2.24) is 4.98 Å². The van der Waals surface area contributed by atoms with Crippen LogP contribution in [0.2, 0.25) is 5.02 Å². The number of ether oxygens (including phenoxy) is 2. The van der Waals surface area contributed by atoms with Crippen LogP contribution in [-0.2, 0) is 31.9 Å². The second kappa shape index (κ2) is 6.85. The van der Waals surface area contributed by atoms with Crippen molar-refractivity contribution in [2.24, 2.45) is 11.8 Å². The van der Waals surface area contributed by atoms with Crippen molar-refractivity contribution in [3.05, 3.63) is 34.5 Å². The molecular weight excluding hydrogens is 330 g/mol. The Kier molecular flexibility index (Phi) is 4.81. The summed E-state index contributed by atoms with van der Waals surface area (Å²) in [5, 5.41) is 1.64. The number of esters is 2. The zero-order valence-corrected chi connectivity index (χ0v) is 14.5. The minimum Gasteiger partial charge on any atom is -0.466 e. The summed E-state index contributed by atoms with van der Waals surface area (Å²) in [5.74, 6) is -1.76. The Morgan fingerprint density at radius 3 is 2.38 bits per heavy atom. The molecule has 1 aliphatic carbocycles. The second-order valence-electron chi connectivity index (χ2n) is 5.90. The summed E-state index contributed by atoms with van der Waals surface area (Å²) < 4.78 is 10.4. The highest BCUT2D eigenvalue weighted by Gasteiger charge is 2.41. The van der Waals surface area contributed by atoms with Gasteiger partial charge in [-0.25, -0.2) is 0 Å². The Bertz CT molecular complexity index is 783. The first-order valence-corrected chi connectivity index (χ1v) is 8.55. The first kappa shape index (κ1) is 16.8. The second-order valence-corrected chi connectivity index (χ2v) is 6.33. The Morgan fingerprint density at radius 2 is 1.75 bits per heavy atom. The number of benzene rings is 1. The first-order valence-electron chi connectivity index (χ1n) is 8.17. The molecule has 1 heterocycles. The number of H-pyrrole nitrogens is 1. The molecule has 0 saturated heterocycles. The summed E-state index contributed by atoms with van der Waals surface area (Å²) in [6, 6.07) is 5.62. The number of carbonyl (C=O) groups excluding carboxylic acids is 2. The molecule has 1 aliphatic rings. The molecular formula is C18H20ClNO4. The summed E-state index contributed by atoms with van der Waals surface area (Å²) in [6.07, 6.45) is 0.877. The van der Waals surface area contributed by atoms with Gasteiger partial charge in [0, 0.05) is 28.0 Å². The SMILES string of the molecule is CCOC(=O)C1Cc2[nH]c3ccc(Cl)cc3c2CC1C(=O)OCC. The molecule has 1 aromatic heterocycles. The molecule has 0 fully saturated rings. The zero-order valence-electron chi connectivity index (χ0n) is 13.7. The van der Waals surface area contributed by atoms with Crippen LogP contribution in [0, 0.1) is 11.8 Å². The van der Waals surface area contributed by atoms with E-state index >= 15 is 0 Å². The zero-order chi connectivity index (χ0) is 17.3. The van der Waals surface area contributed by atoms with Crippen molar-refractivity contribution in [1.29, 1.82) is 0 Å². The van der Waals surface area contributed by atoms with E-state index in [4.69, 9.17) is 21.1 Å². The number of hydrogen-bond acceptors (Lipinski definition) is 4. The molecule has 2 aromatic rings. The molecule has 0 bridgehead atoms. The highest BCUT2D eigenvalue weighted by atomic mass is 35.5. The van der Waals surface area contributed by atoms with Gasteiger partial charge < -0.3 is 14.5 Å². The van der Waals surface area contributed by atoms with Crippen molar-refractivity contribution in [3.63, 3.8) is 0 Å². The first-order chi connectivity index (χ1) is 11.5. The monoisotopic (exact) mass is 349 g/mol. The van der Waals surface area contributed by atoms with Crippen LogP contribution in [0.15, 0.2) is 18.2 Å². The van der Waals surface area contributed by atoms with E-state index < -0.39 is 11.8 Å². The Hall–Kier alpha value is -2.01. The lowest BCUT2D eigenvalue weighted by Gasteiger charge is -2.28. The third kappa shape index (κ3) is 3.00. The quantitative estimate of drug-likeness (QED) is 0.860. The molecule has 2 unspecified atom stereocenters. The van der Waals surface area contributed by atoms with E-state index in [0.29, 0.717) is 24.5 Å². The molecule has 1 N–H and O–H groups in total. The Labute approximate surface area is 145 Å². The summed E-state index contributed by atoms with van der Waals surface area (Å²) in [4.78, 5) is 28.1. The number of fused-ring (bicyclic) bond motifs is 3. The predicted octanol–water partition coefficient (Wildman–Crippen LogP) is 3.28. The van der Waals surface area contributed by atoms with Crippen molar-refractivity contribution in [3.8, 4) is 0 Å². The largest absolute Gasteiger partial charge is 0.466 e. The van der Waals surface area contributed by atoms with Gasteiger partial charge in [0.1, 0.15) is 0 Å². The fraction of sp³-hybridized carbons (Fsp3) is 0.444. The van der Waals surface area contributed by atoms with E-state index in [2.05, 4.69) is 4.98 Å². The smallest absolute Gasteiger partial charge is 0.310 e. The van der Waals surface area contributed by atoms with Gasteiger partial charge in [-0.3, -0.25) is 9.59 Å². The molecule has 6 heteroatoms. The topological polar surface area (TPSA) is 68.4 Å². The molecule has 24 heavy (non-hydrogen) atoms. The molecule has 0 saturated carbocycles. The average Bonchev–Trinajstić information content (AvgIpc) is 2.91. The van der Waals surface area contributed by atoms with Crippen molar-refractivity contribution >= 4 is 34.4 Å². The summed E-state index contributed by atoms with van der Waals surface area (Å²) in [5.41, 5.74) is 2.95. The van der Waals surface area contributed by atoms with E-state index in [9.17, 15) is 9.59 Å². The van der Waals surface area contributed by atoms with E-state index in [0.717, 1.165) is 22.2 Å². The number of halogens is 1. The third-order valence-electron chi connectivity index (χ3n) is 4.47. The molecule has 128 valence electrons. The lowest BCUT2D eigenvalue weighted by Crippen LogP contribution is -2.38. The minimum absolute atomic E-state index is 0.289. The van der Waals surface area contributed by atoms with Gasteiger partial charge in [0.15, 0.2) is 0 Å². The standard InChI is InChI=1S/C18H20ClNO4/c1-3-23-17(21)13-8-12-11-7-10(19)5-6-15(11)20-16(12)9-14(13)18(22)24-4-2/h5-7,13-14,20H,3-4,8-9H2,1-2H3. The van der Waals surface area contributed by atoms with Gasteiger partial charge in [-0.2, -0.15) is 0 Å². The molecule has 5 nitrogen and oxygen atoms in total. The fourth-order valence-corrected chi connectivity index (χ4v) is 3.57. The normalized spacial score (nSPS) is 19.8. The minimum atomic E-state index is -0.533. The van der Waals surface area contributed by atoms with Gasteiger partial charge in [0.2, 0.25) is 0 Å². The fourth-order valence-electron chi connectivity index (χ4n) is 3.40. The Morgan fingerprint density at radius 1 is 1.12 bits per heavy atom. The van der Waals surface area contributed by atoms with Crippen LogP contribution in [0.3, 0.4) is 0 Å². The number of aromatic amines is 1. The van der Waals surface area contributed by atoms with Crippen LogP contribution in [0.1, 0.15) is 25.1 Å². The van der Waals surface area contributed by atoms with Gasteiger partial charge in [-0.1, -0.05) is 11.6 Å². The van der Waals surface area contributed by atoms with Crippen LogP contribution >= 0.6 is 11.6 Å². The van der Waals surface area contributed by atoms with Gasteiger partial charge >= 0.3 is 11.9 Å². The number of rotatable bonds is 4. The van der Waals surface area contributed by atoms with Crippen LogP contribution < -0.4 is 0 Å². The number of carbonyl (C=O) groups is 2. The maximum Gasteiger partial charge on any atom is 0.310 e. The van der Waals surface area contributed by atoms with Gasteiger partial charge in [-0.15, -0.1) is 0 Å². The van der Waals surface area contributed by atoms with Crippen molar-refractivity contribution in [2.45, 2.75) is 26.7 Å². The van der Waals surface area contributed by atoms with E-state index in [-0.39, 0.29) is 18.5 Å². The summed E-state index contributed by atoms with van der Waals surface area (Å²) >= 11 is 6.11. The lowest BCUT2D eigenvalue weighted by atomic mass is 9.77. The van der Waals surface area contributed by atoms with Crippen LogP contribution in [-0.4, -0.2) is 30.1 Å².